The van der Waals surface area contributed by atoms with Gasteiger partial charge in [-0.05, 0) is 24.1 Å². The molecule has 1 aliphatic heterocycles. The zero-order chi connectivity index (χ0) is 14.8. The predicted molar refractivity (Wildman–Crippen MR) is 81.3 cm³/mol. The van der Waals surface area contributed by atoms with E-state index in [4.69, 9.17) is 4.74 Å². The third-order valence-corrected chi connectivity index (χ3v) is 3.88. The molecule has 3 aromatic rings. The molecule has 1 fully saturated rings. The third-order valence-electron chi connectivity index (χ3n) is 3.88. The van der Waals surface area contributed by atoms with Gasteiger partial charge in [0, 0.05) is 25.5 Å². The molecule has 7 nitrogen and oxygen atoms in total. The quantitative estimate of drug-likeness (QED) is 0.786. The van der Waals surface area contributed by atoms with Gasteiger partial charge in [0.05, 0.1) is 19.0 Å². The first-order valence-electron chi connectivity index (χ1n) is 7.29. The number of ether oxygens (including phenoxy) is 1. The fourth-order valence-electron chi connectivity index (χ4n) is 2.74. The van der Waals surface area contributed by atoms with E-state index in [0.717, 1.165) is 36.4 Å². The topological polar surface area (TPSA) is 79.8 Å². The van der Waals surface area contributed by atoms with E-state index in [1.165, 1.54) is 0 Å². The van der Waals surface area contributed by atoms with Crippen LogP contribution in [0, 0.1) is 0 Å². The SMILES string of the molecule is c1cc(CO[C@H]2CCN(c3ncnc4nc[nH]c34)C2)ccn1. The number of hydrogen-bond acceptors (Lipinski definition) is 6. The molecular weight excluding hydrogens is 280 g/mol. The van der Waals surface area contributed by atoms with E-state index in [1.54, 1.807) is 25.0 Å². The van der Waals surface area contributed by atoms with Gasteiger partial charge in [0.25, 0.3) is 0 Å². The van der Waals surface area contributed by atoms with Gasteiger partial charge < -0.3 is 14.6 Å². The number of imidazole rings is 1. The summed E-state index contributed by atoms with van der Waals surface area (Å²) in [6.45, 7) is 2.37. The molecule has 4 heterocycles. The van der Waals surface area contributed by atoms with Gasteiger partial charge in [-0.25, -0.2) is 15.0 Å². The van der Waals surface area contributed by atoms with Crippen molar-refractivity contribution in [1.29, 1.82) is 0 Å². The Bertz CT molecular complexity index is 759. The van der Waals surface area contributed by atoms with Crippen LogP contribution in [0.15, 0.2) is 37.2 Å². The van der Waals surface area contributed by atoms with Crippen LogP contribution in [0.1, 0.15) is 12.0 Å². The second-order valence-electron chi connectivity index (χ2n) is 5.32. The lowest BCUT2D eigenvalue weighted by atomic mass is 10.3. The summed E-state index contributed by atoms with van der Waals surface area (Å²) in [5.41, 5.74) is 2.73. The van der Waals surface area contributed by atoms with Gasteiger partial charge in [-0.15, -0.1) is 0 Å². The van der Waals surface area contributed by atoms with Crippen molar-refractivity contribution in [2.24, 2.45) is 0 Å². The van der Waals surface area contributed by atoms with Crippen molar-refractivity contribution in [2.45, 2.75) is 19.1 Å². The van der Waals surface area contributed by atoms with Gasteiger partial charge in [-0.2, -0.15) is 0 Å². The number of rotatable bonds is 4. The molecule has 0 bridgehead atoms. The minimum Gasteiger partial charge on any atom is -0.372 e. The average molecular weight is 296 g/mol. The average Bonchev–Trinajstić information content (AvgIpc) is 3.22. The standard InChI is InChI=1S/C15H16N6O/c1-4-16-5-2-11(1)8-22-12-3-6-21(7-12)15-13-14(18-9-17-13)19-10-20-15/h1-2,4-5,9-10,12H,3,6-8H2,(H,17,18,19,20)/t12-/m0/s1. The third kappa shape index (κ3) is 2.50. The highest BCUT2D eigenvalue weighted by Gasteiger charge is 2.26. The molecule has 22 heavy (non-hydrogen) atoms. The largest absolute Gasteiger partial charge is 0.372 e. The highest BCUT2D eigenvalue weighted by Crippen LogP contribution is 2.25. The smallest absolute Gasteiger partial charge is 0.182 e. The fourth-order valence-corrected chi connectivity index (χ4v) is 2.74. The van der Waals surface area contributed by atoms with Crippen LogP contribution in [0.3, 0.4) is 0 Å². The van der Waals surface area contributed by atoms with Crippen molar-refractivity contribution in [2.75, 3.05) is 18.0 Å². The van der Waals surface area contributed by atoms with Crippen LogP contribution in [0.25, 0.3) is 11.2 Å². The number of nitrogens with one attached hydrogen (secondary N) is 1. The second-order valence-corrected chi connectivity index (χ2v) is 5.32. The number of anilines is 1. The number of aromatic amines is 1. The second kappa shape index (κ2) is 5.69. The predicted octanol–water partition coefficient (Wildman–Crippen LogP) is 1.54. The Labute approximate surface area is 127 Å². The number of aromatic nitrogens is 5. The van der Waals surface area contributed by atoms with E-state index in [1.807, 2.05) is 12.1 Å². The molecule has 0 spiro atoms. The van der Waals surface area contributed by atoms with Crippen LogP contribution in [-0.2, 0) is 11.3 Å². The zero-order valence-electron chi connectivity index (χ0n) is 12.0. The molecule has 0 aliphatic carbocycles. The Kier molecular flexibility index (Phi) is 3.40. The Morgan fingerprint density at radius 3 is 3.05 bits per heavy atom. The highest BCUT2D eigenvalue weighted by molar-refractivity contribution is 5.82. The van der Waals surface area contributed by atoms with Gasteiger partial charge in [-0.3, -0.25) is 4.98 Å². The van der Waals surface area contributed by atoms with E-state index in [0.29, 0.717) is 12.3 Å². The lowest BCUT2D eigenvalue weighted by molar-refractivity contribution is 0.0553. The monoisotopic (exact) mass is 296 g/mol. The zero-order valence-corrected chi connectivity index (χ0v) is 12.0. The van der Waals surface area contributed by atoms with Gasteiger partial charge in [-0.1, -0.05) is 0 Å². The Morgan fingerprint density at radius 1 is 1.23 bits per heavy atom. The molecule has 0 saturated carbocycles. The maximum absolute atomic E-state index is 6.00. The van der Waals surface area contributed by atoms with Crippen LogP contribution in [-0.4, -0.2) is 44.1 Å². The van der Waals surface area contributed by atoms with Gasteiger partial charge in [0.1, 0.15) is 11.8 Å². The first-order valence-corrected chi connectivity index (χ1v) is 7.29. The number of H-pyrrole nitrogens is 1. The van der Waals surface area contributed by atoms with Crippen LogP contribution in [0.4, 0.5) is 5.82 Å². The minimum absolute atomic E-state index is 0.209. The van der Waals surface area contributed by atoms with Gasteiger partial charge in [0.2, 0.25) is 0 Å². The number of nitrogens with zero attached hydrogens (tertiary/aromatic N) is 5. The Hall–Kier alpha value is -2.54. The molecule has 1 atom stereocenters. The number of fused-ring (bicyclic) bond motifs is 1. The van der Waals surface area contributed by atoms with E-state index < -0.39 is 0 Å². The molecule has 0 aromatic carbocycles. The van der Waals surface area contributed by atoms with Crippen LogP contribution < -0.4 is 4.90 Å². The molecule has 1 N–H and O–H groups in total. The van der Waals surface area contributed by atoms with Crippen LogP contribution >= 0.6 is 0 Å². The van der Waals surface area contributed by atoms with Crippen molar-refractivity contribution in [3.8, 4) is 0 Å². The lowest BCUT2D eigenvalue weighted by Crippen LogP contribution is -2.24. The molecule has 0 amide bonds. The van der Waals surface area contributed by atoms with Crippen molar-refractivity contribution >= 4 is 17.0 Å². The fraction of sp³-hybridized carbons (Fsp3) is 0.333. The van der Waals surface area contributed by atoms with E-state index in [-0.39, 0.29) is 6.10 Å². The molecule has 4 rings (SSSR count). The molecule has 7 heteroatoms. The van der Waals surface area contributed by atoms with Crippen LogP contribution in [0.5, 0.6) is 0 Å². The normalized spacial score (nSPS) is 18.2. The molecule has 0 radical (unpaired) electrons. The lowest BCUT2D eigenvalue weighted by Gasteiger charge is -2.17. The Balaban J connectivity index is 1.43. The van der Waals surface area contributed by atoms with Crippen molar-refractivity contribution in [3.63, 3.8) is 0 Å². The summed E-state index contributed by atoms with van der Waals surface area (Å²) in [5.74, 6) is 0.900. The molecular formula is C15H16N6O. The molecule has 112 valence electrons. The van der Waals surface area contributed by atoms with E-state index >= 15 is 0 Å². The van der Waals surface area contributed by atoms with Crippen LogP contribution in [0.2, 0.25) is 0 Å². The summed E-state index contributed by atoms with van der Waals surface area (Å²) in [6, 6.07) is 3.95. The first-order chi connectivity index (χ1) is 10.9. The van der Waals surface area contributed by atoms with Crippen molar-refractivity contribution in [3.05, 3.63) is 42.7 Å². The minimum atomic E-state index is 0.209. The summed E-state index contributed by atoms with van der Waals surface area (Å²) >= 11 is 0. The van der Waals surface area contributed by atoms with E-state index in [9.17, 15) is 0 Å². The molecule has 3 aromatic heterocycles. The maximum Gasteiger partial charge on any atom is 0.182 e. The molecule has 1 saturated heterocycles. The summed E-state index contributed by atoms with van der Waals surface area (Å²) in [7, 11) is 0. The number of pyridine rings is 1. The maximum atomic E-state index is 6.00. The molecule has 1 aliphatic rings. The number of hydrogen-bond donors (Lipinski definition) is 1. The van der Waals surface area contributed by atoms with E-state index in [2.05, 4.69) is 29.8 Å². The van der Waals surface area contributed by atoms with Gasteiger partial charge in [0.15, 0.2) is 11.5 Å². The van der Waals surface area contributed by atoms with Crippen molar-refractivity contribution < 1.29 is 4.74 Å². The summed E-state index contributed by atoms with van der Waals surface area (Å²) < 4.78 is 6.00. The summed E-state index contributed by atoms with van der Waals surface area (Å²) in [4.78, 5) is 22.1. The first kappa shape index (κ1) is 13.1. The highest BCUT2D eigenvalue weighted by atomic mass is 16.5. The summed E-state index contributed by atoms with van der Waals surface area (Å²) in [5, 5.41) is 0. The van der Waals surface area contributed by atoms with Crippen molar-refractivity contribution in [1.82, 2.24) is 24.9 Å². The Morgan fingerprint density at radius 2 is 2.14 bits per heavy atom. The van der Waals surface area contributed by atoms with Gasteiger partial charge >= 0.3 is 0 Å². The summed E-state index contributed by atoms with van der Waals surface area (Å²) in [6.07, 6.45) is 7.98. The molecule has 0 unspecified atom stereocenters.